The third-order valence-corrected chi connectivity index (χ3v) is 4.34. The molecule has 1 aliphatic heterocycles. The Morgan fingerprint density at radius 1 is 1.04 bits per heavy atom. The monoisotopic (exact) mass is 366 g/mol. The number of rotatable bonds is 5. The molecule has 1 N–H and O–H groups in total. The molecule has 1 saturated heterocycles. The zero-order valence-electron chi connectivity index (χ0n) is 15.4. The van der Waals surface area contributed by atoms with E-state index in [1.807, 2.05) is 13.8 Å². The van der Waals surface area contributed by atoms with Crippen LogP contribution in [-0.4, -0.2) is 24.3 Å². The van der Waals surface area contributed by atoms with Crippen LogP contribution < -0.4 is 15.0 Å². The van der Waals surface area contributed by atoms with Gasteiger partial charge >= 0.3 is 5.97 Å². The Morgan fingerprint density at radius 2 is 1.70 bits per heavy atom. The molecule has 1 fully saturated rings. The highest BCUT2D eigenvalue weighted by molar-refractivity contribution is 5.96. The largest absolute Gasteiger partial charge is 0.423 e. The van der Waals surface area contributed by atoms with E-state index in [1.54, 1.807) is 53.4 Å². The third kappa shape index (κ3) is 4.53. The maximum atomic E-state index is 12.3. The average Bonchev–Trinajstić information content (AvgIpc) is 3.08. The van der Waals surface area contributed by atoms with Gasteiger partial charge in [-0.3, -0.25) is 9.59 Å². The van der Waals surface area contributed by atoms with Gasteiger partial charge in [0, 0.05) is 30.3 Å². The third-order valence-electron chi connectivity index (χ3n) is 4.34. The van der Waals surface area contributed by atoms with Crippen molar-refractivity contribution in [3.05, 3.63) is 54.1 Å². The lowest BCUT2D eigenvalue weighted by atomic mass is 10.1. The van der Waals surface area contributed by atoms with Crippen molar-refractivity contribution in [1.29, 1.82) is 0 Å². The van der Waals surface area contributed by atoms with E-state index in [9.17, 15) is 14.4 Å². The standard InChI is InChI=1S/C21H22N2O4/c1-14(2)20(25)22-16-7-5-15(6-8-16)21(26)27-18-11-9-17(10-12-18)23-13-3-4-19(23)24/h5-12,14H,3-4,13H2,1-2H3,(H,22,25). The number of nitrogens with one attached hydrogen (secondary N) is 1. The van der Waals surface area contributed by atoms with Crippen molar-refractivity contribution < 1.29 is 19.1 Å². The summed E-state index contributed by atoms with van der Waals surface area (Å²) in [6.07, 6.45) is 1.44. The first-order chi connectivity index (χ1) is 12.9. The van der Waals surface area contributed by atoms with Gasteiger partial charge < -0.3 is 15.0 Å². The minimum atomic E-state index is -0.485. The summed E-state index contributed by atoms with van der Waals surface area (Å²) >= 11 is 0. The second kappa shape index (κ2) is 8.03. The Kier molecular flexibility index (Phi) is 5.54. The van der Waals surface area contributed by atoms with Crippen LogP contribution in [0.4, 0.5) is 11.4 Å². The molecule has 2 amide bonds. The van der Waals surface area contributed by atoms with E-state index in [-0.39, 0.29) is 17.7 Å². The molecule has 0 bridgehead atoms. The fourth-order valence-electron chi connectivity index (χ4n) is 2.76. The molecule has 1 aliphatic rings. The molecule has 0 radical (unpaired) electrons. The van der Waals surface area contributed by atoms with Gasteiger partial charge in [-0.2, -0.15) is 0 Å². The molecule has 0 aliphatic carbocycles. The first-order valence-corrected chi connectivity index (χ1v) is 8.97. The van der Waals surface area contributed by atoms with Crippen molar-refractivity contribution in [2.24, 2.45) is 5.92 Å². The number of carbonyl (C=O) groups excluding carboxylic acids is 3. The molecule has 27 heavy (non-hydrogen) atoms. The van der Waals surface area contributed by atoms with E-state index in [1.165, 1.54) is 0 Å². The summed E-state index contributed by atoms with van der Waals surface area (Å²) in [5.41, 5.74) is 1.82. The van der Waals surface area contributed by atoms with Crippen LogP contribution in [0, 0.1) is 5.92 Å². The van der Waals surface area contributed by atoms with E-state index in [2.05, 4.69) is 5.32 Å². The Morgan fingerprint density at radius 3 is 2.26 bits per heavy atom. The highest BCUT2D eigenvalue weighted by atomic mass is 16.5. The lowest BCUT2D eigenvalue weighted by molar-refractivity contribution is -0.119. The molecule has 0 unspecified atom stereocenters. The van der Waals surface area contributed by atoms with E-state index < -0.39 is 5.97 Å². The number of benzene rings is 2. The van der Waals surface area contributed by atoms with Crippen molar-refractivity contribution >= 4 is 29.2 Å². The van der Waals surface area contributed by atoms with Crippen LogP contribution in [0.25, 0.3) is 0 Å². The van der Waals surface area contributed by atoms with Crippen molar-refractivity contribution in [1.82, 2.24) is 0 Å². The smallest absolute Gasteiger partial charge is 0.343 e. The molecule has 0 saturated carbocycles. The van der Waals surface area contributed by atoms with Gasteiger partial charge in [-0.1, -0.05) is 13.8 Å². The summed E-state index contributed by atoms with van der Waals surface area (Å²) in [7, 11) is 0. The van der Waals surface area contributed by atoms with Crippen LogP contribution in [0.5, 0.6) is 5.75 Å². The molecule has 2 aromatic rings. The summed E-state index contributed by atoms with van der Waals surface area (Å²) in [6.45, 7) is 4.34. The number of hydrogen-bond donors (Lipinski definition) is 1. The van der Waals surface area contributed by atoms with Crippen LogP contribution in [0.1, 0.15) is 37.0 Å². The molecule has 6 heteroatoms. The number of esters is 1. The first kappa shape index (κ1) is 18.6. The molecule has 0 aromatic heterocycles. The van der Waals surface area contributed by atoms with Crippen molar-refractivity contribution in [2.75, 3.05) is 16.8 Å². The molecule has 2 aromatic carbocycles. The highest BCUT2D eigenvalue weighted by Crippen LogP contribution is 2.24. The number of nitrogens with zero attached hydrogens (tertiary/aromatic N) is 1. The van der Waals surface area contributed by atoms with Gasteiger partial charge in [0.15, 0.2) is 0 Å². The molecule has 1 heterocycles. The van der Waals surface area contributed by atoms with E-state index in [4.69, 9.17) is 4.74 Å². The second-order valence-electron chi connectivity index (χ2n) is 6.75. The molecular formula is C21H22N2O4. The second-order valence-corrected chi connectivity index (χ2v) is 6.75. The Labute approximate surface area is 158 Å². The van der Waals surface area contributed by atoms with Gasteiger partial charge in [0.05, 0.1) is 5.56 Å². The molecule has 3 rings (SSSR count). The lowest BCUT2D eigenvalue weighted by Gasteiger charge is -2.15. The van der Waals surface area contributed by atoms with Gasteiger partial charge in [-0.15, -0.1) is 0 Å². The fraction of sp³-hybridized carbons (Fsp3) is 0.286. The van der Waals surface area contributed by atoms with E-state index in [0.717, 1.165) is 18.7 Å². The maximum Gasteiger partial charge on any atom is 0.343 e. The molecule has 0 atom stereocenters. The van der Waals surface area contributed by atoms with Crippen molar-refractivity contribution in [3.63, 3.8) is 0 Å². The lowest BCUT2D eigenvalue weighted by Crippen LogP contribution is -2.23. The first-order valence-electron chi connectivity index (χ1n) is 8.97. The normalized spacial score (nSPS) is 13.7. The summed E-state index contributed by atoms with van der Waals surface area (Å²) in [4.78, 5) is 37.5. The van der Waals surface area contributed by atoms with Crippen LogP contribution in [0.15, 0.2) is 48.5 Å². The minimum absolute atomic E-state index is 0.0816. The van der Waals surface area contributed by atoms with Crippen molar-refractivity contribution in [3.8, 4) is 5.75 Å². The molecule has 6 nitrogen and oxygen atoms in total. The molecular weight excluding hydrogens is 344 g/mol. The van der Waals surface area contributed by atoms with Crippen LogP contribution in [0.2, 0.25) is 0 Å². The van der Waals surface area contributed by atoms with Gasteiger partial charge in [-0.25, -0.2) is 4.79 Å². The van der Waals surface area contributed by atoms with E-state index >= 15 is 0 Å². The maximum absolute atomic E-state index is 12.3. The van der Waals surface area contributed by atoms with Gasteiger partial charge in [0.1, 0.15) is 5.75 Å². The number of carbonyl (C=O) groups is 3. The Hall–Kier alpha value is -3.15. The van der Waals surface area contributed by atoms with Gasteiger partial charge in [0.25, 0.3) is 0 Å². The SMILES string of the molecule is CC(C)C(=O)Nc1ccc(C(=O)Oc2ccc(N3CCCC3=O)cc2)cc1. The average molecular weight is 366 g/mol. The molecule has 140 valence electrons. The minimum Gasteiger partial charge on any atom is -0.423 e. The summed E-state index contributed by atoms with van der Waals surface area (Å²) in [5, 5.41) is 2.77. The Balaban J connectivity index is 1.61. The van der Waals surface area contributed by atoms with Crippen molar-refractivity contribution in [2.45, 2.75) is 26.7 Å². The topological polar surface area (TPSA) is 75.7 Å². The van der Waals surface area contributed by atoms with Crippen LogP contribution in [0.3, 0.4) is 0 Å². The Bertz CT molecular complexity index is 841. The number of ether oxygens (including phenoxy) is 1. The zero-order valence-corrected chi connectivity index (χ0v) is 15.4. The van der Waals surface area contributed by atoms with Gasteiger partial charge in [0.2, 0.25) is 11.8 Å². The predicted molar refractivity (Wildman–Crippen MR) is 103 cm³/mol. The number of anilines is 2. The quantitative estimate of drug-likeness (QED) is 0.648. The summed E-state index contributed by atoms with van der Waals surface area (Å²) in [6, 6.07) is 13.4. The zero-order chi connectivity index (χ0) is 19.4. The summed E-state index contributed by atoms with van der Waals surface area (Å²) in [5.74, 6) is -0.158. The van der Waals surface area contributed by atoms with Crippen LogP contribution in [-0.2, 0) is 9.59 Å². The predicted octanol–water partition coefficient (Wildman–Crippen LogP) is 3.63. The van der Waals surface area contributed by atoms with E-state index in [0.29, 0.717) is 23.4 Å². The highest BCUT2D eigenvalue weighted by Gasteiger charge is 2.21. The fourth-order valence-corrected chi connectivity index (χ4v) is 2.76. The number of amides is 2. The van der Waals surface area contributed by atoms with Crippen LogP contribution >= 0.6 is 0 Å². The molecule has 0 spiro atoms. The van der Waals surface area contributed by atoms with Gasteiger partial charge in [-0.05, 0) is 55.0 Å². The number of hydrogen-bond acceptors (Lipinski definition) is 4. The summed E-state index contributed by atoms with van der Waals surface area (Å²) < 4.78 is 5.37.